The second kappa shape index (κ2) is 7.25. The summed E-state index contributed by atoms with van der Waals surface area (Å²) in [5.41, 5.74) is 2.12. The smallest absolute Gasteiger partial charge is 0.261 e. The van der Waals surface area contributed by atoms with Gasteiger partial charge >= 0.3 is 0 Å². The summed E-state index contributed by atoms with van der Waals surface area (Å²) in [6, 6.07) is 25.2. The van der Waals surface area contributed by atoms with Crippen molar-refractivity contribution in [3.05, 3.63) is 96.1 Å². The van der Waals surface area contributed by atoms with Crippen LogP contribution in [0.5, 0.6) is 0 Å². The second-order valence-electron chi connectivity index (χ2n) is 6.14. The van der Waals surface area contributed by atoms with E-state index in [9.17, 15) is 8.42 Å². The molecule has 0 unspecified atom stereocenters. The van der Waals surface area contributed by atoms with Crippen molar-refractivity contribution in [2.24, 2.45) is 4.99 Å². The van der Waals surface area contributed by atoms with Crippen molar-refractivity contribution in [3.63, 3.8) is 0 Å². The van der Waals surface area contributed by atoms with Gasteiger partial charge in [0.05, 0.1) is 16.1 Å². The molecule has 136 valence electrons. The molecule has 1 aliphatic heterocycles. The van der Waals surface area contributed by atoms with Gasteiger partial charge in [0.1, 0.15) is 12.6 Å². The third-order valence-corrected chi connectivity index (χ3v) is 5.67. The zero-order valence-corrected chi connectivity index (χ0v) is 15.3. The Bertz CT molecular complexity index is 1060. The molecule has 1 heterocycles. The van der Waals surface area contributed by atoms with Gasteiger partial charge in [0.15, 0.2) is 0 Å². The Labute approximate surface area is 158 Å². The number of rotatable bonds is 5. The van der Waals surface area contributed by atoms with Crippen molar-refractivity contribution in [2.45, 2.75) is 10.9 Å². The fourth-order valence-electron chi connectivity index (χ4n) is 2.93. The lowest BCUT2D eigenvalue weighted by Gasteiger charge is -2.12. The highest BCUT2D eigenvalue weighted by molar-refractivity contribution is 7.92. The van der Waals surface area contributed by atoms with E-state index in [4.69, 9.17) is 4.74 Å². The highest BCUT2D eigenvalue weighted by atomic mass is 32.2. The molecule has 5 nitrogen and oxygen atoms in total. The molecule has 1 N–H and O–H groups in total. The third-order valence-electron chi connectivity index (χ3n) is 4.29. The average molecular weight is 378 g/mol. The van der Waals surface area contributed by atoms with Crippen LogP contribution in [0.3, 0.4) is 0 Å². The van der Waals surface area contributed by atoms with Crippen molar-refractivity contribution in [1.82, 2.24) is 0 Å². The van der Waals surface area contributed by atoms with Gasteiger partial charge in [-0.05, 0) is 29.8 Å². The van der Waals surface area contributed by atoms with Crippen LogP contribution >= 0.6 is 0 Å². The van der Waals surface area contributed by atoms with Crippen molar-refractivity contribution >= 4 is 21.6 Å². The second-order valence-corrected chi connectivity index (χ2v) is 7.82. The first kappa shape index (κ1) is 17.3. The van der Waals surface area contributed by atoms with E-state index in [0.717, 1.165) is 5.56 Å². The number of sulfonamides is 1. The maximum atomic E-state index is 12.7. The largest absolute Gasteiger partial charge is 0.475 e. The number of anilines is 1. The molecule has 3 aromatic carbocycles. The van der Waals surface area contributed by atoms with Gasteiger partial charge in [-0.2, -0.15) is 0 Å². The van der Waals surface area contributed by atoms with Crippen molar-refractivity contribution < 1.29 is 13.2 Å². The van der Waals surface area contributed by atoms with E-state index in [1.165, 1.54) is 0 Å². The molecule has 0 amide bonds. The van der Waals surface area contributed by atoms with E-state index in [-0.39, 0.29) is 10.9 Å². The Kier molecular flexibility index (Phi) is 4.64. The van der Waals surface area contributed by atoms with Gasteiger partial charge in [0.2, 0.25) is 5.90 Å². The van der Waals surface area contributed by atoms with Crippen LogP contribution < -0.4 is 4.72 Å². The summed E-state index contributed by atoms with van der Waals surface area (Å²) in [7, 11) is -3.69. The average Bonchev–Trinajstić information content (AvgIpc) is 3.20. The summed E-state index contributed by atoms with van der Waals surface area (Å²) in [4.78, 5) is 4.86. The monoisotopic (exact) mass is 378 g/mol. The maximum absolute atomic E-state index is 12.7. The summed E-state index contributed by atoms with van der Waals surface area (Å²) < 4.78 is 33.8. The number of nitrogens with zero attached hydrogens (tertiary/aromatic N) is 1. The molecule has 1 atom stereocenters. The van der Waals surface area contributed by atoms with E-state index in [0.29, 0.717) is 23.8 Å². The molecule has 0 aliphatic carbocycles. The SMILES string of the molecule is O=S(=O)(Nc1ccccc1C1=N[C@H](c2ccccc2)CO1)c1ccccc1. The van der Waals surface area contributed by atoms with E-state index in [1.807, 2.05) is 36.4 Å². The molecule has 0 bridgehead atoms. The number of aliphatic imine (C=N–C) groups is 1. The molecule has 1 aliphatic rings. The van der Waals surface area contributed by atoms with Gasteiger partial charge in [0, 0.05) is 0 Å². The Balaban J connectivity index is 1.65. The maximum Gasteiger partial charge on any atom is 0.261 e. The molecule has 0 saturated heterocycles. The Morgan fingerprint density at radius 3 is 2.22 bits per heavy atom. The predicted molar refractivity (Wildman–Crippen MR) is 105 cm³/mol. The molecular weight excluding hydrogens is 360 g/mol. The molecule has 0 saturated carbocycles. The summed E-state index contributed by atoms with van der Waals surface area (Å²) in [6.07, 6.45) is 0. The van der Waals surface area contributed by atoms with Crippen molar-refractivity contribution in [1.29, 1.82) is 0 Å². The van der Waals surface area contributed by atoms with Gasteiger partial charge in [-0.3, -0.25) is 4.72 Å². The third kappa shape index (κ3) is 3.71. The zero-order chi connectivity index (χ0) is 18.7. The fraction of sp³-hybridized carbons (Fsp3) is 0.0952. The first-order valence-corrected chi connectivity index (χ1v) is 10.0. The van der Waals surface area contributed by atoms with Gasteiger partial charge in [-0.15, -0.1) is 0 Å². The lowest BCUT2D eigenvalue weighted by molar-refractivity contribution is 0.320. The Hall–Kier alpha value is -3.12. The van der Waals surface area contributed by atoms with Crippen LogP contribution in [0.1, 0.15) is 17.2 Å². The van der Waals surface area contributed by atoms with Crippen LogP contribution in [0.25, 0.3) is 0 Å². The van der Waals surface area contributed by atoms with Crippen LogP contribution in [0.4, 0.5) is 5.69 Å². The lowest BCUT2D eigenvalue weighted by Crippen LogP contribution is -2.15. The van der Waals surface area contributed by atoms with Crippen LogP contribution in [-0.2, 0) is 14.8 Å². The van der Waals surface area contributed by atoms with Crippen molar-refractivity contribution in [3.8, 4) is 0 Å². The topological polar surface area (TPSA) is 67.8 Å². The quantitative estimate of drug-likeness (QED) is 0.729. The van der Waals surface area contributed by atoms with Gasteiger partial charge < -0.3 is 4.74 Å². The number of ether oxygens (including phenoxy) is 1. The molecule has 0 fully saturated rings. The van der Waals surface area contributed by atoms with Gasteiger partial charge in [-0.1, -0.05) is 60.7 Å². The first-order valence-electron chi connectivity index (χ1n) is 8.56. The first-order chi connectivity index (χ1) is 13.1. The minimum Gasteiger partial charge on any atom is -0.475 e. The number of para-hydroxylation sites is 1. The van der Waals surface area contributed by atoms with E-state index >= 15 is 0 Å². The Morgan fingerprint density at radius 2 is 1.48 bits per heavy atom. The van der Waals surface area contributed by atoms with Crippen LogP contribution in [0.15, 0.2) is 94.8 Å². The summed E-state index contributed by atoms with van der Waals surface area (Å²) in [5, 5.41) is 0. The standard InChI is InChI=1S/C21H18N2O3S/c24-27(25,17-11-5-2-6-12-17)23-19-14-8-7-13-18(19)21-22-20(15-26-21)16-9-3-1-4-10-16/h1-14,20,23H,15H2/t20-/m0/s1. The highest BCUT2D eigenvalue weighted by Crippen LogP contribution is 2.28. The van der Waals surface area contributed by atoms with Crippen LogP contribution in [-0.4, -0.2) is 20.9 Å². The Morgan fingerprint density at radius 1 is 0.852 bits per heavy atom. The molecule has 0 aromatic heterocycles. The highest BCUT2D eigenvalue weighted by Gasteiger charge is 2.24. The predicted octanol–water partition coefficient (Wildman–Crippen LogP) is 4.01. The number of benzene rings is 3. The molecule has 4 rings (SSSR count). The van der Waals surface area contributed by atoms with E-state index in [2.05, 4.69) is 9.71 Å². The summed E-state index contributed by atoms with van der Waals surface area (Å²) in [5.74, 6) is 0.440. The molecule has 0 spiro atoms. The molecule has 6 heteroatoms. The minimum atomic E-state index is -3.69. The fourth-order valence-corrected chi connectivity index (χ4v) is 4.03. The normalized spacial score (nSPS) is 16.4. The van der Waals surface area contributed by atoms with E-state index < -0.39 is 10.0 Å². The van der Waals surface area contributed by atoms with Gasteiger partial charge in [0.25, 0.3) is 10.0 Å². The molecule has 3 aromatic rings. The van der Waals surface area contributed by atoms with E-state index in [1.54, 1.807) is 48.5 Å². The summed E-state index contributed by atoms with van der Waals surface area (Å²) >= 11 is 0. The number of nitrogens with one attached hydrogen (secondary N) is 1. The molecule has 0 radical (unpaired) electrons. The van der Waals surface area contributed by atoms with Gasteiger partial charge in [-0.25, -0.2) is 13.4 Å². The lowest BCUT2D eigenvalue weighted by atomic mass is 10.1. The number of hydrogen-bond acceptors (Lipinski definition) is 4. The van der Waals surface area contributed by atoms with Crippen LogP contribution in [0.2, 0.25) is 0 Å². The molecule has 27 heavy (non-hydrogen) atoms. The molecular formula is C21H18N2O3S. The van der Waals surface area contributed by atoms with Crippen molar-refractivity contribution in [2.75, 3.05) is 11.3 Å². The summed E-state index contributed by atoms with van der Waals surface area (Å²) in [6.45, 7) is 0.430. The number of hydrogen-bond donors (Lipinski definition) is 1. The minimum absolute atomic E-state index is 0.0972. The van der Waals surface area contributed by atoms with Crippen LogP contribution in [0, 0.1) is 0 Å². The zero-order valence-electron chi connectivity index (χ0n) is 14.4.